The van der Waals surface area contributed by atoms with Crippen LogP contribution in [0.4, 0.5) is 5.95 Å². The molecule has 0 saturated carbocycles. The Morgan fingerprint density at radius 1 is 1.52 bits per heavy atom. The number of carbonyl (C=O) groups excluding carboxylic acids is 1. The summed E-state index contributed by atoms with van der Waals surface area (Å²) < 4.78 is 5.67. The van der Waals surface area contributed by atoms with Crippen molar-refractivity contribution in [1.82, 2.24) is 20.2 Å². The molecule has 3 atom stereocenters. The van der Waals surface area contributed by atoms with Gasteiger partial charge in [0.2, 0.25) is 5.95 Å². The first kappa shape index (κ1) is 14.2. The minimum Gasteiger partial charge on any atom is -0.376 e. The van der Waals surface area contributed by atoms with Gasteiger partial charge in [-0.25, -0.2) is 9.97 Å². The number of aromatic nitrogens is 2. The molecule has 21 heavy (non-hydrogen) atoms. The number of nitrogens with zero attached hydrogens (tertiary/aromatic N) is 3. The number of carbonyl (C=O) groups is 1. The van der Waals surface area contributed by atoms with Gasteiger partial charge in [0, 0.05) is 31.4 Å². The molecule has 2 saturated heterocycles. The number of anilines is 1. The van der Waals surface area contributed by atoms with E-state index in [9.17, 15) is 4.79 Å². The largest absolute Gasteiger partial charge is 0.376 e. The number of morpholine rings is 1. The van der Waals surface area contributed by atoms with Gasteiger partial charge in [-0.3, -0.25) is 9.69 Å². The highest BCUT2D eigenvalue weighted by molar-refractivity contribution is 5.95. The standard InChI is InChI=1S/C14H21N5O2/c1-8-5-19-6-10(3-11(19)7-21-8)18-13(20)12-4-16-14(15)17-9(12)2/h4,8,10-11H,3,5-7H2,1-2H3,(H,18,20)(H2,15,16,17)/t8-,10-,11-/m0/s1. The van der Waals surface area contributed by atoms with Crippen molar-refractivity contribution in [3.8, 4) is 0 Å². The van der Waals surface area contributed by atoms with E-state index in [2.05, 4.69) is 27.1 Å². The molecule has 7 heteroatoms. The third kappa shape index (κ3) is 2.98. The van der Waals surface area contributed by atoms with Crippen LogP contribution in [0, 0.1) is 6.92 Å². The van der Waals surface area contributed by atoms with Crippen LogP contribution in [0.1, 0.15) is 29.4 Å². The van der Waals surface area contributed by atoms with Gasteiger partial charge >= 0.3 is 0 Å². The summed E-state index contributed by atoms with van der Waals surface area (Å²) in [5.41, 5.74) is 6.60. The van der Waals surface area contributed by atoms with E-state index in [0.717, 1.165) is 26.1 Å². The molecule has 3 N–H and O–H groups in total. The first-order valence-corrected chi connectivity index (χ1v) is 7.28. The molecule has 2 aliphatic heterocycles. The number of nitrogen functional groups attached to an aromatic ring is 1. The maximum Gasteiger partial charge on any atom is 0.254 e. The molecule has 2 fully saturated rings. The fourth-order valence-corrected chi connectivity index (χ4v) is 3.12. The average molecular weight is 291 g/mol. The Kier molecular flexibility index (Phi) is 3.77. The van der Waals surface area contributed by atoms with Crippen molar-refractivity contribution in [3.63, 3.8) is 0 Å². The normalized spacial score (nSPS) is 29.1. The summed E-state index contributed by atoms with van der Waals surface area (Å²) in [7, 11) is 0. The highest BCUT2D eigenvalue weighted by Gasteiger charge is 2.36. The Hall–Kier alpha value is -1.73. The van der Waals surface area contributed by atoms with Gasteiger partial charge in [0.25, 0.3) is 5.91 Å². The number of aryl methyl sites for hydroxylation is 1. The van der Waals surface area contributed by atoms with Crippen LogP contribution in [-0.2, 0) is 4.74 Å². The van der Waals surface area contributed by atoms with Gasteiger partial charge in [0.1, 0.15) is 0 Å². The van der Waals surface area contributed by atoms with E-state index >= 15 is 0 Å². The first-order valence-electron chi connectivity index (χ1n) is 7.28. The van der Waals surface area contributed by atoms with Crippen molar-refractivity contribution in [1.29, 1.82) is 0 Å². The van der Waals surface area contributed by atoms with Crippen molar-refractivity contribution in [2.75, 3.05) is 25.4 Å². The van der Waals surface area contributed by atoms with Crippen LogP contribution >= 0.6 is 0 Å². The van der Waals surface area contributed by atoms with Crippen molar-refractivity contribution in [3.05, 3.63) is 17.5 Å². The maximum atomic E-state index is 12.3. The highest BCUT2D eigenvalue weighted by Crippen LogP contribution is 2.23. The van der Waals surface area contributed by atoms with E-state index in [1.165, 1.54) is 6.20 Å². The second-order valence-corrected chi connectivity index (χ2v) is 5.89. The molecule has 3 rings (SSSR count). The van der Waals surface area contributed by atoms with E-state index < -0.39 is 0 Å². The molecule has 7 nitrogen and oxygen atoms in total. The molecule has 3 heterocycles. The first-order chi connectivity index (χ1) is 10.0. The summed E-state index contributed by atoms with van der Waals surface area (Å²) in [5, 5.41) is 3.07. The third-order valence-electron chi connectivity index (χ3n) is 4.17. The number of fused-ring (bicyclic) bond motifs is 1. The fourth-order valence-electron chi connectivity index (χ4n) is 3.12. The van der Waals surface area contributed by atoms with Crippen LogP contribution < -0.4 is 11.1 Å². The molecule has 1 amide bonds. The zero-order valence-corrected chi connectivity index (χ0v) is 12.4. The summed E-state index contributed by atoms with van der Waals surface area (Å²) in [6.07, 6.45) is 2.68. The zero-order valence-electron chi connectivity index (χ0n) is 12.4. The number of hydrogen-bond donors (Lipinski definition) is 2. The number of nitrogens with two attached hydrogens (primary N) is 1. The molecule has 0 aromatic carbocycles. The molecular formula is C14H21N5O2. The van der Waals surface area contributed by atoms with Crippen LogP contribution in [-0.4, -0.2) is 58.7 Å². The topological polar surface area (TPSA) is 93.4 Å². The minimum atomic E-state index is -0.133. The van der Waals surface area contributed by atoms with Gasteiger partial charge in [-0.2, -0.15) is 0 Å². The lowest BCUT2D eigenvalue weighted by Crippen LogP contribution is -2.45. The Balaban J connectivity index is 1.63. The van der Waals surface area contributed by atoms with Crippen LogP contribution in [0.3, 0.4) is 0 Å². The maximum absolute atomic E-state index is 12.3. The van der Waals surface area contributed by atoms with Crippen molar-refractivity contribution in [2.24, 2.45) is 0 Å². The molecule has 0 radical (unpaired) electrons. The van der Waals surface area contributed by atoms with Gasteiger partial charge in [0.05, 0.1) is 24.0 Å². The van der Waals surface area contributed by atoms with Gasteiger partial charge < -0.3 is 15.8 Å². The summed E-state index contributed by atoms with van der Waals surface area (Å²) in [6, 6.07) is 0.559. The lowest BCUT2D eigenvalue weighted by atomic mass is 10.1. The number of ether oxygens (including phenoxy) is 1. The number of hydrogen-bond acceptors (Lipinski definition) is 6. The van der Waals surface area contributed by atoms with E-state index in [-0.39, 0.29) is 24.0 Å². The Labute approximate surface area is 123 Å². The van der Waals surface area contributed by atoms with Crippen LogP contribution in [0.15, 0.2) is 6.20 Å². The molecule has 0 spiro atoms. The summed E-state index contributed by atoms with van der Waals surface area (Å²) in [5.74, 6) is 0.0551. The summed E-state index contributed by atoms with van der Waals surface area (Å²) in [4.78, 5) is 22.6. The minimum absolute atomic E-state index is 0.133. The summed E-state index contributed by atoms with van der Waals surface area (Å²) >= 11 is 0. The van der Waals surface area contributed by atoms with Crippen LogP contribution in [0.5, 0.6) is 0 Å². The number of nitrogens with one attached hydrogen (secondary N) is 1. The second-order valence-electron chi connectivity index (χ2n) is 5.89. The number of amides is 1. The van der Waals surface area contributed by atoms with Gasteiger partial charge in [-0.05, 0) is 20.3 Å². The molecule has 0 bridgehead atoms. The van der Waals surface area contributed by atoms with Crippen molar-refractivity contribution < 1.29 is 9.53 Å². The Morgan fingerprint density at radius 3 is 3.10 bits per heavy atom. The molecule has 1 aromatic heterocycles. The highest BCUT2D eigenvalue weighted by atomic mass is 16.5. The van der Waals surface area contributed by atoms with Gasteiger partial charge in [-0.1, -0.05) is 0 Å². The van der Waals surface area contributed by atoms with Crippen LogP contribution in [0.2, 0.25) is 0 Å². The lowest BCUT2D eigenvalue weighted by Gasteiger charge is -2.33. The molecule has 0 unspecified atom stereocenters. The van der Waals surface area contributed by atoms with Crippen LogP contribution in [0.25, 0.3) is 0 Å². The van der Waals surface area contributed by atoms with E-state index in [1.54, 1.807) is 6.92 Å². The summed E-state index contributed by atoms with van der Waals surface area (Å²) in [6.45, 7) is 6.40. The Bertz CT molecular complexity index is 550. The van der Waals surface area contributed by atoms with E-state index in [0.29, 0.717) is 17.3 Å². The predicted octanol–water partition coefficient (Wildman–Crippen LogP) is -0.0414. The molecule has 1 aromatic rings. The SMILES string of the molecule is Cc1nc(N)ncc1C(=O)N[C@H]1C[C@H]2CO[C@@H](C)CN2C1. The number of rotatable bonds is 2. The zero-order chi connectivity index (χ0) is 15.0. The monoisotopic (exact) mass is 291 g/mol. The molecular weight excluding hydrogens is 270 g/mol. The molecule has 0 aliphatic carbocycles. The third-order valence-corrected chi connectivity index (χ3v) is 4.17. The molecule has 2 aliphatic rings. The predicted molar refractivity (Wildman–Crippen MR) is 77.8 cm³/mol. The van der Waals surface area contributed by atoms with Gasteiger partial charge in [0.15, 0.2) is 0 Å². The average Bonchev–Trinajstić information content (AvgIpc) is 2.79. The van der Waals surface area contributed by atoms with Gasteiger partial charge in [-0.15, -0.1) is 0 Å². The van der Waals surface area contributed by atoms with E-state index in [4.69, 9.17) is 10.5 Å². The lowest BCUT2D eigenvalue weighted by molar-refractivity contribution is -0.0390. The Morgan fingerprint density at radius 2 is 2.33 bits per heavy atom. The fraction of sp³-hybridized carbons (Fsp3) is 0.643. The van der Waals surface area contributed by atoms with Crippen molar-refractivity contribution >= 4 is 11.9 Å². The quantitative estimate of drug-likeness (QED) is 0.794. The van der Waals surface area contributed by atoms with Crippen molar-refractivity contribution in [2.45, 2.75) is 38.5 Å². The smallest absolute Gasteiger partial charge is 0.254 e. The van der Waals surface area contributed by atoms with E-state index in [1.807, 2.05) is 0 Å². The molecule has 114 valence electrons. The second kappa shape index (κ2) is 5.57.